The van der Waals surface area contributed by atoms with Gasteiger partial charge in [-0.3, -0.25) is 0 Å². The molecular formula is C9H19ClS. The summed E-state index contributed by atoms with van der Waals surface area (Å²) in [6.45, 7) is 4.29. The van der Waals surface area contributed by atoms with Crippen LogP contribution in [0.25, 0.3) is 0 Å². The minimum absolute atomic E-state index is 0.369. The third kappa shape index (κ3) is 10.6. The van der Waals surface area contributed by atoms with E-state index in [2.05, 4.69) is 13.8 Å². The molecule has 1 unspecified atom stereocenters. The molecular weight excluding hydrogens is 176 g/mol. The van der Waals surface area contributed by atoms with Gasteiger partial charge in [0, 0.05) is 5.38 Å². The van der Waals surface area contributed by atoms with Crippen LogP contribution in [-0.4, -0.2) is 16.9 Å². The Hall–Kier alpha value is 0.640. The van der Waals surface area contributed by atoms with Gasteiger partial charge in [-0.2, -0.15) is 11.8 Å². The first-order valence-corrected chi connectivity index (χ1v) is 6.08. The molecule has 0 aliphatic carbocycles. The third-order valence-corrected chi connectivity index (χ3v) is 2.80. The van der Waals surface area contributed by atoms with Crippen LogP contribution >= 0.6 is 23.4 Å². The van der Waals surface area contributed by atoms with E-state index in [1.807, 2.05) is 11.8 Å². The average Bonchev–Trinajstić information content (AvgIpc) is 1.96. The highest BCUT2D eigenvalue weighted by Gasteiger charge is 1.95. The van der Waals surface area contributed by atoms with Crippen molar-refractivity contribution in [2.24, 2.45) is 0 Å². The second-order valence-electron chi connectivity index (χ2n) is 2.83. The fourth-order valence-corrected chi connectivity index (χ4v) is 1.80. The van der Waals surface area contributed by atoms with E-state index in [0.717, 1.165) is 0 Å². The van der Waals surface area contributed by atoms with Gasteiger partial charge >= 0.3 is 0 Å². The summed E-state index contributed by atoms with van der Waals surface area (Å²) in [5.74, 6) is 2.58. The summed E-state index contributed by atoms with van der Waals surface area (Å²) in [7, 11) is 0. The van der Waals surface area contributed by atoms with Crippen LogP contribution in [0.2, 0.25) is 0 Å². The summed E-state index contributed by atoms with van der Waals surface area (Å²) >= 11 is 7.85. The van der Waals surface area contributed by atoms with Gasteiger partial charge in [0.05, 0.1) is 0 Å². The lowest BCUT2D eigenvalue weighted by molar-refractivity contribution is 0.664. The zero-order valence-corrected chi connectivity index (χ0v) is 9.18. The first-order chi connectivity index (χ1) is 5.27. The molecule has 2 heteroatoms. The molecule has 0 aromatic heterocycles. The van der Waals surface area contributed by atoms with Crippen LogP contribution in [-0.2, 0) is 0 Å². The molecule has 0 nitrogen and oxygen atoms in total. The van der Waals surface area contributed by atoms with E-state index in [1.54, 1.807) is 0 Å². The van der Waals surface area contributed by atoms with E-state index in [-0.39, 0.29) is 0 Å². The van der Waals surface area contributed by atoms with Crippen molar-refractivity contribution in [2.75, 3.05) is 11.5 Å². The molecule has 0 aliphatic heterocycles. The molecule has 0 rings (SSSR count). The Morgan fingerprint density at radius 3 is 2.55 bits per heavy atom. The molecule has 0 fully saturated rings. The fraction of sp³-hybridized carbons (Fsp3) is 1.00. The van der Waals surface area contributed by atoms with Crippen molar-refractivity contribution in [3.63, 3.8) is 0 Å². The summed E-state index contributed by atoms with van der Waals surface area (Å²) in [4.78, 5) is 0. The summed E-state index contributed by atoms with van der Waals surface area (Å²) in [6, 6.07) is 0. The maximum Gasteiger partial charge on any atom is 0.0307 e. The van der Waals surface area contributed by atoms with Gasteiger partial charge in [-0.1, -0.05) is 19.8 Å². The molecule has 1 atom stereocenters. The summed E-state index contributed by atoms with van der Waals surface area (Å²) in [5.41, 5.74) is 0. The largest absolute Gasteiger partial charge is 0.162 e. The quantitative estimate of drug-likeness (QED) is 0.437. The summed E-state index contributed by atoms with van der Waals surface area (Å²) < 4.78 is 0. The van der Waals surface area contributed by atoms with Gasteiger partial charge in [-0.05, 0) is 31.3 Å². The van der Waals surface area contributed by atoms with Crippen molar-refractivity contribution in [3.8, 4) is 0 Å². The fourth-order valence-electron chi connectivity index (χ4n) is 0.951. The topological polar surface area (TPSA) is 0 Å². The van der Waals surface area contributed by atoms with E-state index >= 15 is 0 Å². The van der Waals surface area contributed by atoms with Crippen LogP contribution < -0.4 is 0 Å². The highest BCUT2D eigenvalue weighted by atomic mass is 35.5. The molecule has 0 aromatic rings. The first-order valence-electron chi connectivity index (χ1n) is 4.49. The van der Waals surface area contributed by atoms with Gasteiger partial charge in [-0.15, -0.1) is 11.6 Å². The van der Waals surface area contributed by atoms with Crippen LogP contribution in [0.3, 0.4) is 0 Å². The number of unbranched alkanes of at least 4 members (excludes halogenated alkanes) is 2. The molecule has 0 heterocycles. The Kier molecular flexibility index (Phi) is 9.24. The molecule has 0 bridgehead atoms. The van der Waals surface area contributed by atoms with E-state index < -0.39 is 0 Å². The number of thioether (sulfide) groups is 1. The lowest BCUT2D eigenvalue weighted by Crippen LogP contribution is -1.90. The van der Waals surface area contributed by atoms with Crippen LogP contribution in [0.1, 0.15) is 39.5 Å². The van der Waals surface area contributed by atoms with Gasteiger partial charge in [0.2, 0.25) is 0 Å². The summed E-state index contributed by atoms with van der Waals surface area (Å²) in [5, 5.41) is 0.369. The highest BCUT2D eigenvalue weighted by Crippen LogP contribution is 2.10. The molecule has 68 valence electrons. The molecule has 0 spiro atoms. The van der Waals surface area contributed by atoms with Gasteiger partial charge in [0.1, 0.15) is 0 Å². The Morgan fingerprint density at radius 2 is 2.00 bits per heavy atom. The molecule has 0 saturated carbocycles. The Balaban J connectivity index is 2.80. The number of hydrogen-bond acceptors (Lipinski definition) is 1. The SMILES string of the molecule is CCSCCCCCC(C)Cl. The standard InChI is InChI=1S/C9H19ClS/c1-3-11-8-6-4-5-7-9(2)10/h9H,3-8H2,1-2H3. The lowest BCUT2D eigenvalue weighted by Gasteiger charge is -2.01. The number of hydrogen-bond donors (Lipinski definition) is 0. The zero-order valence-electron chi connectivity index (χ0n) is 7.61. The van der Waals surface area contributed by atoms with E-state index in [4.69, 9.17) is 11.6 Å². The molecule has 0 amide bonds. The molecule has 0 aromatic carbocycles. The van der Waals surface area contributed by atoms with Crippen molar-refractivity contribution < 1.29 is 0 Å². The molecule has 0 radical (unpaired) electrons. The zero-order chi connectivity index (χ0) is 8.53. The van der Waals surface area contributed by atoms with Crippen molar-refractivity contribution in [3.05, 3.63) is 0 Å². The van der Waals surface area contributed by atoms with Crippen LogP contribution in [0.5, 0.6) is 0 Å². The third-order valence-electron chi connectivity index (χ3n) is 1.59. The Labute approximate surface area is 80.1 Å². The molecule has 11 heavy (non-hydrogen) atoms. The number of halogens is 1. The highest BCUT2D eigenvalue weighted by molar-refractivity contribution is 7.99. The lowest BCUT2D eigenvalue weighted by atomic mass is 10.2. The van der Waals surface area contributed by atoms with E-state index in [1.165, 1.54) is 37.2 Å². The van der Waals surface area contributed by atoms with Crippen molar-refractivity contribution in [2.45, 2.75) is 44.9 Å². The molecule has 0 N–H and O–H groups in total. The van der Waals surface area contributed by atoms with Crippen LogP contribution in [0.4, 0.5) is 0 Å². The van der Waals surface area contributed by atoms with Gasteiger partial charge in [0.25, 0.3) is 0 Å². The second kappa shape index (κ2) is 8.73. The van der Waals surface area contributed by atoms with Crippen LogP contribution in [0.15, 0.2) is 0 Å². The average molecular weight is 195 g/mol. The Morgan fingerprint density at radius 1 is 1.27 bits per heavy atom. The molecule has 0 aliphatic rings. The van der Waals surface area contributed by atoms with Crippen molar-refractivity contribution >= 4 is 23.4 Å². The predicted molar refractivity (Wildman–Crippen MR) is 56.8 cm³/mol. The maximum absolute atomic E-state index is 5.81. The van der Waals surface area contributed by atoms with E-state index in [9.17, 15) is 0 Å². The maximum atomic E-state index is 5.81. The smallest absolute Gasteiger partial charge is 0.0307 e. The Bertz CT molecular complexity index is 74.0. The van der Waals surface area contributed by atoms with Gasteiger partial charge in [0.15, 0.2) is 0 Å². The minimum atomic E-state index is 0.369. The van der Waals surface area contributed by atoms with Crippen molar-refractivity contribution in [1.82, 2.24) is 0 Å². The number of alkyl halides is 1. The second-order valence-corrected chi connectivity index (χ2v) is 4.97. The monoisotopic (exact) mass is 194 g/mol. The van der Waals surface area contributed by atoms with E-state index in [0.29, 0.717) is 5.38 Å². The normalized spacial score (nSPS) is 13.4. The number of rotatable bonds is 7. The minimum Gasteiger partial charge on any atom is -0.162 e. The summed E-state index contributed by atoms with van der Waals surface area (Å²) in [6.07, 6.45) is 5.19. The van der Waals surface area contributed by atoms with Gasteiger partial charge < -0.3 is 0 Å². The van der Waals surface area contributed by atoms with Crippen LogP contribution in [0, 0.1) is 0 Å². The van der Waals surface area contributed by atoms with Crippen molar-refractivity contribution in [1.29, 1.82) is 0 Å². The molecule has 0 saturated heterocycles. The van der Waals surface area contributed by atoms with Gasteiger partial charge in [-0.25, -0.2) is 0 Å². The predicted octanol–water partition coefficient (Wildman–Crippen LogP) is 3.93. The first kappa shape index (κ1) is 11.6.